The zero-order valence-electron chi connectivity index (χ0n) is 16.8. The van der Waals surface area contributed by atoms with Crippen molar-refractivity contribution in [2.24, 2.45) is 0 Å². The Labute approximate surface area is 161 Å². The maximum absolute atomic E-state index is 12.6. The summed E-state index contributed by atoms with van der Waals surface area (Å²) in [6.45, 7) is 7.40. The van der Waals surface area contributed by atoms with Crippen LogP contribution in [0.2, 0.25) is 0 Å². The van der Waals surface area contributed by atoms with E-state index >= 15 is 0 Å². The Kier molecular flexibility index (Phi) is 5.71. The summed E-state index contributed by atoms with van der Waals surface area (Å²) in [7, 11) is 3.30. The van der Waals surface area contributed by atoms with Gasteiger partial charge in [0.15, 0.2) is 11.5 Å². The molecule has 2 aromatic carbocycles. The molecule has 0 bridgehead atoms. The summed E-state index contributed by atoms with van der Waals surface area (Å²) < 4.78 is 10.9. The maximum Gasteiger partial charge on any atom is 0.238 e. The van der Waals surface area contributed by atoms with Gasteiger partial charge in [0.1, 0.15) is 0 Å². The molecule has 0 aliphatic carbocycles. The SMILES string of the molecule is COc1cc2c(cc1OC)C(C)N(CC(=O)Nc1cc(C)cc(C)c1)CC2. The van der Waals surface area contributed by atoms with Crippen LogP contribution < -0.4 is 14.8 Å². The number of anilines is 1. The standard InChI is InChI=1S/C22H28N2O3/c1-14-8-15(2)10-18(9-14)23-22(25)13-24-7-6-17-11-20(26-4)21(27-5)12-19(17)16(24)3/h8-12,16H,6-7,13H2,1-5H3,(H,23,25). The van der Waals surface area contributed by atoms with Gasteiger partial charge in [-0.3, -0.25) is 9.69 Å². The number of nitrogens with one attached hydrogen (secondary N) is 1. The van der Waals surface area contributed by atoms with Crippen LogP contribution in [-0.2, 0) is 11.2 Å². The van der Waals surface area contributed by atoms with E-state index in [1.54, 1.807) is 14.2 Å². The van der Waals surface area contributed by atoms with Gasteiger partial charge in [-0.05, 0) is 73.7 Å². The van der Waals surface area contributed by atoms with Crippen LogP contribution in [0.4, 0.5) is 5.69 Å². The van der Waals surface area contributed by atoms with Crippen molar-refractivity contribution in [1.29, 1.82) is 0 Å². The fourth-order valence-corrected chi connectivity index (χ4v) is 3.84. The Balaban J connectivity index is 1.73. The van der Waals surface area contributed by atoms with Crippen molar-refractivity contribution >= 4 is 11.6 Å². The van der Waals surface area contributed by atoms with Crippen LogP contribution in [0, 0.1) is 13.8 Å². The molecule has 1 heterocycles. The summed E-state index contributed by atoms with van der Waals surface area (Å²) in [5.41, 5.74) is 5.59. The van der Waals surface area contributed by atoms with Gasteiger partial charge in [0, 0.05) is 18.3 Å². The first kappa shape index (κ1) is 19.2. The molecule has 5 nitrogen and oxygen atoms in total. The lowest BCUT2D eigenvalue weighted by atomic mass is 9.93. The van der Waals surface area contributed by atoms with Crippen molar-refractivity contribution in [3.8, 4) is 11.5 Å². The van der Waals surface area contributed by atoms with Crippen molar-refractivity contribution in [3.63, 3.8) is 0 Å². The van der Waals surface area contributed by atoms with Gasteiger partial charge < -0.3 is 14.8 Å². The predicted octanol–water partition coefficient (Wildman–Crippen LogP) is 3.88. The Bertz CT molecular complexity index is 827. The molecule has 27 heavy (non-hydrogen) atoms. The quantitative estimate of drug-likeness (QED) is 0.870. The lowest BCUT2D eigenvalue weighted by Gasteiger charge is -2.35. The maximum atomic E-state index is 12.6. The minimum absolute atomic E-state index is 0.00998. The molecular weight excluding hydrogens is 340 g/mol. The van der Waals surface area contributed by atoms with Crippen LogP contribution in [0.25, 0.3) is 0 Å². The molecule has 1 N–H and O–H groups in total. The lowest BCUT2D eigenvalue weighted by Crippen LogP contribution is -2.39. The molecular formula is C22H28N2O3. The molecule has 1 unspecified atom stereocenters. The molecule has 0 radical (unpaired) electrons. The number of carbonyl (C=O) groups is 1. The average molecular weight is 368 g/mol. The highest BCUT2D eigenvalue weighted by Gasteiger charge is 2.27. The number of ether oxygens (including phenoxy) is 2. The van der Waals surface area contributed by atoms with Crippen molar-refractivity contribution in [2.45, 2.75) is 33.2 Å². The molecule has 5 heteroatoms. The van der Waals surface area contributed by atoms with E-state index in [9.17, 15) is 4.79 Å². The van der Waals surface area contributed by atoms with E-state index in [1.807, 2.05) is 32.0 Å². The minimum Gasteiger partial charge on any atom is -0.493 e. The van der Waals surface area contributed by atoms with Crippen molar-refractivity contribution in [2.75, 3.05) is 32.6 Å². The van der Waals surface area contributed by atoms with Crippen LogP contribution in [0.15, 0.2) is 30.3 Å². The monoisotopic (exact) mass is 368 g/mol. The number of benzene rings is 2. The topological polar surface area (TPSA) is 50.8 Å². The number of hydrogen-bond acceptors (Lipinski definition) is 4. The number of methoxy groups -OCH3 is 2. The van der Waals surface area contributed by atoms with Crippen molar-refractivity contribution < 1.29 is 14.3 Å². The van der Waals surface area contributed by atoms with Gasteiger partial charge in [-0.15, -0.1) is 0 Å². The van der Waals surface area contributed by atoms with E-state index in [0.29, 0.717) is 6.54 Å². The van der Waals surface area contributed by atoms with Gasteiger partial charge >= 0.3 is 0 Å². The van der Waals surface area contributed by atoms with Crippen LogP contribution in [0.1, 0.15) is 35.2 Å². The number of hydrogen-bond donors (Lipinski definition) is 1. The molecule has 0 spiro atoms. The molecule has 1 aliphatic heterocycles. The third-order valence-electron chi connectivity index (χ3n) is 5.16. The fourth-order valence-electron chi connectivity index (χ4n) is 3.84. The van der Waals surface area contributed by atoms with E-state index in [2.05, 4.69) is 29.3 Å². The molecule has 0 aromatic heterocycles. The number of amides is 1. The molecule has 2 aromatic rings. The van der Waals surface area contributed by atoms with Gasteiger partial charge in [0.25, 0.3) is 0 Å². The van der Waals surface area contributed by atoms with E-state index in [4.69, 9.17) is 9.47 Å². The molecule has 1 atom stereocenters. The van der Waals surface area contributed by atoms with Crippen LogP contribution in [0.5, 0.6) is 11.5 Å². The third-order valence-corrected chi connectivity index (χ3v) is 5.16. The molecule has 3 rings (SSSR count). The van der Waals surface area contributed by atoms with Gasteiger partial charge in [-0.25, -0.2) is 0 Å². The number of rotatable bonds is 5. The second-order valence-corrected chi connectivity index (χ2v) is 7.23. The molecule has 144 valence electrons. The first-order chi connectivity index (χ1) is 12.9. The predicted molar refractivity (Wildman–Crippen MR) is 108 cm³/mol. The summed E-state index contributed by atoms with van der Waals surface area (Å²) in [6, 6.07) is 10.3. The molecule has 0 fully saturated rings. The highest BCUT2D eigenvalue weighted by molar-refractivity contribution is 5.92. The number of aryl methyl sites for hydroxylation is 2. The smallest absolute Gasteiger partial charge is 0.238 e. The van der Waals surface area contributed by atoms with Crippen LogP contribution in [-0.4, -0.2) is 38.1 Å². The fraction of sp³-hybridized carbons (Fsp3) is 0.409. The van der Waals surface area contributed by atoms with E-state index in [1.165, 1.54) is 11.1 Å². The second kappa shape index (κ2) is 8.01. The highest BCUT2D eigenvalue weighted by Crippen LogP contribution is 2.37. The summed E-state index contributed by atoms with van der Waals surface area (Å²) >= 11 is 0. The number of nitrogens with zero attached hydrogens (tertiary/aromatic N) is 1. The average Bonchev–Trinajstić information content (AvgIpc) is 2.62. The van der Waals surface area contributed by atoms with Crippen LogP contribution in [0.3, 0.4) is 0 Å². The second-order valence-electron chi connectivity index (χ2n) is 7.23. The van der Waals surface area contributed by atoms with E-state index in [-0.39, 0.29) is 11.9 Å². The van der Waals surface area contributed by atoms with Gasteiger partial charge in [0.05, 0.1) is 20.8 Å². The van der Waals surface area contributed by atoms with Gasteiger partial charge in [0.2, 0.25) is 5.91 Å². The van der Waals surface area contributed by atoms with Gasteiger partial charge in [-0.2, -0.15) is 0 Å². The first-order valence-corrected chi connectivity index (χ1v) is 9.28. The largest absolute Gasteiger partial charge is 0.493 e. The number of carbonyl (C=O) groups excluding carboxylic acids is 1. The van der Waals surface area contributed by atoms with E-state index in [0.717, 1.165) is 41.3 Å². The zero-order chi connectivity index (χ0) is 19.6. The zero-order valence-corrected chi connectivity index (χ0v) is 16.8. The summed E-state index contributed by atoms with van der Waals surface area (Å²) in [4.78, 5) is 14.8. The highest BCUT2D eigenvalue weighted by atomic mass is 16.5. The summed E-state index contributed by atoms with van der Waals surface area (Å²) in [5.74, 6) is 1.49. The summed E-state index contributed by atoms with van der Waals surface area (Å²) in [6.07, 6.45) is 0.886. The Morgan fingerprint density at radius 1 is 1.07 bits per heavy atom. The molecule has 1 amide bonds. The molecule has 0 saturated carbocycles. The molecule has 0 saturated heterocycles. The van der Waals surface area contributed by atoms with E-state index < -0.39 is 0 Å². The molecule has 1 aliphatic rings. The number of fused-ring (bicyclic) bond motifs is 1. The lowest BCUT2D eigenvalue weighted by molar-refractivity contribution is -0.117. The Morgan fingerprint density at radius 3 is 2.33 bits per heavy atom. The minimum atomic E-state index is 0.00998. The normalized spacial score (nSPS) is 16.6. The first-order valence-electron chi connectivity index (χ1n) is 9.28. The Hall–Kier alpha value is -2.53. The summed E-state index contributed by atoms with van der Waals surface area (Å²) in [5, 5.41) is 3.03. The van der Waals surface area contributed by atoms with Crippen molar-refractivity contribution in [3.05, 3.63) is 52.6 Å². The van der Waals surface area contributed by atoms with Crippen molar-refractivity contribution in [1.82, 2.24) is 4.90 Å². The third kappa shape index (κ3) is 4.25. The van der Waals surface area contributed by atoms with Crippen LogP contribution >= 0.6 is 0 Å². The Morgan fingerprint density at radius 2 is 1.70 bits per heavy atom. The van der Waals surface area contributed by atoms with Gasteiger partial charge in [-0.1, -0.05) is 6.07 Å².